The highest BCUT2D eigenvalue weighted by Gasteiger charge is 2.19. The molecule has 0 unspecified atom stereocenters. The van der Waals surface area contributed by atoms with Gasteiger partial charge in [0.15, 0.2) is 0 Å². The molecule has 0 aliphatic carbocycles. The van der Waals surface area contributed by atoms with E-state index in [4.69, 9.17) is 9.40 Å². The first kappa shape index (κ1) is 21.3. The van der Waals surface area contributed by atoms with Crippen LogP contribution in [0.5, 0.6) is 0 Å². The summed E-state index contributed by atoms with van der Waals surface area (Å²) in [5, 5.41) is 3.49. The van der Waals surface area contributed by atoms with Gasteiger partial charge in [-0.1, -0.05) is 58.9 Å². The zero-order valence-corrected chi connectivity index (χ0v) is 19.9. The quantitative estimate of drug-likeness (QED) is 0.292. The van der Waals surface area contributed by atoms with Gasteiger partial charge in [0, 0.05) is 22.7 Å². The molecule has 0 atom stereocenters. The number of rotatable bonds is 4. The summed E-state index contributed by atoms with van der Waals surface area (Å²) in [4.78, 5) is 14.0. The van der Waals surface area contributed by atoms with Gasteiger partial charge in [0.2, 0.25) is 0 Å². The Kier molecular flexibility index (Phi) is 5.24. The van der Waals surface area contributed by atoms with E-state index in [-0.39, 0.29) is 5.41 Å². The minimum atomic E-state index is 0.0161. The molecule has 0 amide bonds. The number of fused-ring (bicyclic) bond motifs is 2. The summed E-state index contributed by atoms with van der Waals surface area (Å²) < 4.78 is 5.84. The summed E-state index contributed by atoms with van der Waals surface area (Å²) in [6, 6.07) is 17.0. The van der Waals surface area contributed by atoms with Crippen molar-refractivity contribution in [3.05, 3.63) is 78.4 Å². The van der Waals surface area contributed by atoms with Crippen LogP contribution >= 0.6 is 0 Å². The average molecular weight is 436 g/mol. The normalized spacial score (nSPS) is 12.2. The fourth-order valence-electron chi connectivity index (χ4n) is 4.53. The van der Waals surface area contributed by atoms with Crippen LogP contribution in [-0.2, 0) is 11.8 Å². The molecule has 0 fully saturated rings. The summed E-state index contributed by atoms with van der Waals surface area (Å²) >= 11 is 0. The summed E-state index contributed by atoms with van der Waals surface area (Å²) in [5.41, 5.74) is 6.95. The van der Waals surface area contributed by atoms with Crippen LogP contribution in [0.3, 0.4) is 0 Å². The third kappa shape index (κ3) is 4.02. The minimum Gasteiger partial charge on any atom is -0.464 e. The largest absolute Gasteiger partial charge is 0.464 e. The number of hydrogen-bond acceptors (Lipinski definition) is 4. The molecule has 0 spiro atoms. The lowest BCUT2D eigenvalue weighted by Gasteiger charge is -2.22. The Morgan fingerprint density at radius 2 is 1.67 bits per heavy atom. The lowest BCUT2D eigenvalue weighted by Crippen LogP contribution is -2.12. The highest BCUT2D eigenvalue weighted by molar-refractivity contribution is 5.94. The van der Waals surface area contributed by atoms with Gasteiger partial charge in [0.05, 0.1) is 23.3 Å². The van der Waals surface area contributed by atoms with Crippen molar-refractivity contribution in [3.63, 3.8) is 0 Å². The molecule has 0 saturated heterocycles. The fourth-order valence-corrected chi connectivity index (χ4v) is 4.53. The first-order valence-corrected chi connectivity index (χ1v) is 11.5. The molecular formula is C29H29N3O. The molecule has 0 aliphatic heterocycles. The SMILES string of the molecule is CC(C)Cc1cnc(-c2cc(-c3cc(C(C)(C)C)c4ccccc4c3)ncn2)c2ccoc12. The van der Waals surface area contributed by atoms with E-state index in [2.05, 4.69) is 81.0 Å². The number of pyridine rings is 1. The van der Waals surface area contributed by atoms with Crippen molar-refractivity contribution in [2.24, 2.45) is 5.92 Å². The lowest BCUT2D eigenvalue weighted by atomic mass is 9.82. The van der Waals surface area contributed by atoms with Gasteiger partial charge in [-0.15, -0.1) is 0 Å². The Balaban J connectivity index is 1.65. The van der Waals surface area contributed by atoms with E-state index in [1.807, 2.05) is 18.3 Å². The average Bonchev–Trinajstić information content (AvgIpc) is 3.28. The summed E-state index contributed by atoms with van der Waals surface area (Å²) in [7, 11) is 0. The molecule has 0 N–H and O–H groups in total. The Bertz CT molecular complexity index is 1460. The maximum Gasteiger partial charge on any atom is 0.140 e. The second-order valence-electron chi connectivity index (χ2n) is 10.2. The van der Waals surface area contributed by atoms with Crippen molar-refractivity contribution in [1.29, 1.82) is 0 Å². The Morgan fingerprint density at radius 3 is 2.45 bits per heavy atom. The van der Waals surface area contributed by atoms with Crippen LogP contribution in [-0.4, -0.2) is 15.0 Å². The second kappa shape index (κ2) is 8.11. The third-order valence-electron chi connectivity index (χ3n) is 6.06. The van der Waals surface area contributed by atoms with E-state index in [9.17, 15) is 0 Å². The van der Waals surface area contributed by atoms with E-state index >= 15 is 0 Å². The molecule has 0 aliphatic rings. The molecule has 4 nitrogen and oxygen atoms in total. The standard InChI is InChI=1S/C29H29N3O/c1-18(2)12-21-16-30-27(23-10-11-33-28(21)23)26-15-25(31-17-32-26)20-13-19-8-6-7-9-22(19)24(14-20)29(3,4)5/h6-11,13-18H,12H2,1-5H3. The van der Waals surface area contributed by atoms with E-state index in [0.29, 0.717) is 5.92 Å². The molecule has 3 aromatic heterocycles. The smallest absolute Gasteiger partial charge is 0.140 e. The van der Waals surface area contributed by atoms with Crippen molar-refractivity contribution in [2.45, 2.75) is 46.5 Å². The number of hydrogen-bond donors (Lipinski definition) is 0. The van der Waals surface area contributed by atoms with Crippen molar-refractivity contribution < 1.29 is 4.42 Å². The second-order valence-corrected chi connectivity index (χ2v) is 10.2. The molecule has 5 aromatic rings. The lowest BCUT2D eigenvalue weighted by molar-refractivity contribution is 0.594. The van der Waals surface area contributed by atoms with Gasteiger partial charge in [0.1, 0.15) is 11.9 Å². The maximum atomic E-state index is 5.84. The molecule has 0 bridgehead atoms. The predicted molar refractivity (Wildman–Crippen MR) is 135 cm³/mol. The molecular weight excluding hydrogens is 406 g/mol. The first-order chi connectivity index (χ1) is 15.8. The van der Waals surface area contributed by atoms with Crippen LogP contribution in [0.2, 0.25) is 0 Å². The Labute approximate surface area is 194 Å². The van der Waals surface area contributed by atoms with Crippen LogP contribution in [0.4, 0.5) is 0 Å². The molecule has 2 aromatic carbocycles. The molecule has 166 valence electrons. The third-order valence-corrected chi connectivity index (χ3v) is 6.06. The zero-order chi connectivity index (χ0) is 23.2. The van der Waals surface area contributed by atoms with Gasteiger partial charge in [-0.3, -0.25) is 4.98 Å². The molecule has 4 heteroatoms. The molecule has 0 saturated carbocycles. The van der Waals surface area contributed by atoms with Crippen LogP contribution < -0.4 is 0 Å². The topological polar surface area (TPSA) is 51.8 Å². The Hall–Kier alpha value is -3.53. The summed E-state index contributed by atoms with van der Waals surface area (Å²) in [6.45, 7) is 11.2. The van der Waals surface area contributed by atoms with Gasteiger partial charge in [0.25, 0.3) is 0 Å². The van der Waals surface area contributed by atoms with Gasteiger partial charge in [-0.05, 0) is 58.4 Å². The first-order valence-electron chi connectivity index (χ1n) is 11.5. The molecule has 3 heterocycles. The number of aromatic nitrogens is 3. The van der Waals surface area contributed by atoms with Crippen molar-refractivity contribution in [2.75, 3.05) is 0 Å². The van der Waals surface area contributed by atoms with Crippen LogP contribution in [0, 0.1) is 5.92 Å². The van der Waals surface area contributed by atoms with E-state index < -0.39 is 0 Å². The summed E-state index contributed by atoms with van der Waals surface area (Å²) in [5.74, 6) is 0.529. The maximum absolute atomic E-state index is 5.84. The predicted octanol–water partition coefficient (Wildman–Crippen LogP) is 7.60. The van der Waals surface area contributed by atoms with Gasteiger partial charge >= 0.3 is 0 Å². The van der Waals surface area contributed by atoms with E-state index in [1.165, 1.54) is 16.3 Å². The van der Waals surface area contributed by atoms with Crippen molar-refractivity contribution >= 4 is 21.7 Å². The monoisotopic (exact) mass is 435 g/mol. The number of furan rings is 1. The van der Waals surface area contributed by atoms with Crippen LogP contribution in [0.1, 0.15) is 45.7 Å². The number of benzene rings is 2. The van der Waals surface area contributed by atoms with Crippen molar-refractivity contribution in [3.8, 4) is 22.6 Å². The summed E-state index contributed by atoms with van der Waals surface area (Å²) in [6.07, 6.45) is 6.22. The highest BCUT2D eigenvalue weighted by atomic mass is 16.3. The van der Waals surface area contributed by atoms with E-state index in [0.717, 1.165) is 45.6 Å². The van der Waals surface area contributed by atoms with Gasteiger partial charge < -0.3 is 4.42 Å². The number of nitrogens with zero attached hydrogens (tertiary/aromatic N) is 3. The Morgan fingerprint density at radius 1 is 0.879 bits per heavy atom. The minimum absolute atomic E-state index is 0.0161. The van der Waals surface area contributed by atoms with Crippen LogP contribution in [0.25, 0.3) is 44.4 Å². The fraction of sp³-hybridized carbons (Fsp3) is 0.276. The van der Waals surface area contributed by atoms with Gasteiger partial charge in [-0.2, -0.15) is 0 Å². The van der Waals surface area contributed by atoms with Crippen LogP contribution in [0.15, 0.2) is 71.7 Å². The molecule has 0 radical (unpaired) electrons. The molecule has 33 heavy (non-hydrogen) atoms. The zero-order valence-electron chi connectivity index (χ0n) is 19.9. The van der Waals surface area contributed by atoms with Crippen molar-refractivity contribution in [1.82, 2.24) is 15.0 Å². The molecule has 5 rings (SSSR count). The van der Waals surface area contributed by atoms with E-state index in [1.54, 1.807) is 12.6 Å². The van der Waals surface area contributed by atoms with Gasteiger partial charge in [-0.25, -0.2) is 9.97 Å². The highest BCUT2D eigenvalue weighted by Crippen LogP contribution is 2.35.